The number of carbonyl (C=O) groups excluding carboxylic acids is 1. The van der Waals surface area contributed by atoms with Crippen LogP contribution in [0.5, 0.6) is 0 Å². The lowest BCUT2D eigenvalue weighted by atomic mass is 9.61. The highest BCUT2D eigenvalue weighted by atomic mass is 16.1. The van der Waals surface area contributed by atoms with Crippen molar-refractivity contribution in [1.29, 1.82) is 0 Å². The molecule has 3 aliphatic carbocycles. The second-order valence-electron chi connectivity index (χ2n) is 4.16. The van der Waals surface area contributed by atoms with Gasteiger partial charge in [0.05, 0.1) is 0 Å². The first-order valence-corrected chi connectivity index (χ1v) is 4.39. The molecule has 0 aromatic heterocycles. The average molecular weight is 150 g/mol. The minimum atomic E-state index is -0.0301. The summed E-state index contributed by atoms with van der Waals surface area (Å²) in [5, 5.41) is 0. The first-order valence-electron chi connectivity index (χ1n) is 4.39. The molecular formula is C10H14O. The second-order valence-corrected chi connectivity index (χ2v) is 4.16. The fourth-order valence-electron chi connectivity index (χ4n) is 2.45. The van der Waals surface area contributed by atoms with E-state index in [0.29, 0.717) is 11.8 Å². The van der Waals surface area contributed by atoms with Crippen molar-refractivity contribution in [3.8, 4) is 0 Å². The van der Waals surface area contributed by atoms with Gasteiger partial charge in [-0.05, 0) is 31.1 Å². The van der Waals surface area contributed by atoms with Crippen molar-refractivity contribution in [2.75, 3.05) is 0 Å². The first kappa shape index (κ1) is 7.08. The van der Waals surface area contributed by atoms with Crippen LogP contribution in [0.15, 0.2) is 12.2 Å². The molecule has 0 amide bonds. The normalized spacial score (nSPS) is 47.7. The van der Waals surface area contributed by atoms with Gasteiger partial charge in [-0.2, -0.15) is 0 Å². The van der Waals surface area contributed by atoms with Gasteiger partial charge in [0.15, 0.2) is 0 Å². The van der Waals surface area contributed by atoms with Gasteiger partial charge < -0.3 is 4.79 Å². The zero-order chi connectivity index (χ0) is 7.90. The second kappa shape index (κ2) is 2.20. The Balaban J connectivity index is 2.29. The summed E-state index contributed by atoms with van der Waals surface area (Å²) >= 11 is 0. The number of hydrogen-bond donors (Lipinski definition) is 0. The lowest BCUT2D eigenvalue weighted by Gasteiger charge is -2.42. The summed E-state index contributed by atoms with van der Waals surface area (Å²) in [5.74, 6) is 1.22. The van der Waals surface area contributed by atoms with Crippen molar-refractivity contribution in [3.63, 3.8) is 0 Å². The molecule has 0 saturated heterocycles. The Morgan fingerprint density at radius 3 is 2.55 bits per heavy atom. The molecule has 0 spiro atoms. The third-order valence-corrected chi connectivity index (χ3v) is 3.28. The summed E-state index contributed by atoms with van der Waals surface area (Å²) < 4.78 is 0. The third kappa shape index (κ3) is 0.943. The maximum Gasteiger partial charge on any atom is 0.126 e. The summed E-state index contributed by atoms with van der Waals surface area (Å²) in [4.78, 5) is 10.8. The van der Waals surface area contributed by atoms with E-state index in [2.05, 4.69) is 19.1 Å². The van der Waals surface area contributed by atoms with Crippen molar-refractivity contribution in [3.05, 3.63) is 12.2 Å². The molecule has 11 heavy (non-hydrogen) atoms. The Hall–Kier alpha value is -0.590. The van der Waals surface area contributed by atoms with Crippen LogP contribution in [0.1, 0.15) is 26.2 Å². The Morgan fingerprint density at radius 2 is 2.27 bits per heavy atom. The van der Waals surface area contributed by atoms with Crippen molar-refractivity contribution < 1.29 is 4.79 Å². The van der Waals surface area contributed by atoms with E-state index in [4.69, 9.17) is 0 Å². The van der Waals surface area contributed by atoms with Gasteiger partial charge >= 0.3 is 0 Å². The van der Waals surface area contributed by atoms with Crippen LogP contribution >= 0.6 is 0 Å². The van der Waals surface area contributed by atoms with Crippen molar-refractivity contribution in [2.24, 2.45) is 17.3 Å². The van der Waals surface area contributed by atoms with E-state index < -0.39 is 0 Å². The van der Waals surface area contributed by atoms with Crippen LogP contribution in [-0.2, 0) is 4.79 Å². The van der Waals surface area contributed by atoms with E-state index in [1.165, 1.54) is 12.8 Å². The molecule has 1 nitrogen and oxygen atoms in total. The predicted molar refractivity (Wildman–Crippen MR) is 44.1 cm³/mol. The molecule has 0 heterocycles. The van der Waals surface area contributed by atoms with Crippen molar-refractivity contribution >= 4 is 6.29 Å². The smallest absolute Gasteiger partial charge is 0.126 e. The van der Waals surface area contributed by atoms with E-state index in [9.17, 15) is 4.79 Å². The van der Waals surface area contributed by atoms with E-state index >= 15 is 0 Å². The molecule has 1 saturated carbocycles. The maximum absolute atomic E-state index is 10.8. The number of aldehydes is 1. The van der Waals surface area contributed by atoms with Crippen LogP contribution in [0.3, 0.4) is 0 Å². The highest BCUT2D eigenvalue weighted by Crippen LogP contribution is 2.47. The standard InChI is InChI=1S/C10H14O/c1-10(7-11)6-8-2-4-9(10)5-3-8/h2,4,7-9H,3,5-6H2,1H3/t8-,9+,10+/m0/s1. The summed E-state index contributed by atoms with van der Waals surface area (Å²) in [6.07, 6.45) is 9.29. The molecule has 1 heteroatoms. The molecule has 0 aromatic rings. The van der Waals surface area contributed by atoms with Crippen molar-refractivity contribution in [2.45, 2.75) is 26.2 Å². The number of allylic oxidation sites excluding steroid dienone is 2. The lowest BCUT2D eigenvalue weighted by Crippen LogP contribution is -2.37. The van der Waals surface area contributed by atoms with Crippen LogP contribution in [-0.4, -0.2) is 6.29 Å². The van der Waals surface area contributed by atoms with Gasteiger partial charge in [-0.1, -0.05) is 19.1 Å². The minimum Gasteiger partial charge on any atom is -0.303 e. The van der Waals surface area contributed by atoms with Crippen LogP contribution in [0.25, 0.3) is 0 Å². The molecule has 0 N–H and O–H groups in total. The van der Waals surface area contributed by atoms with Crippen LogP contribution < -0.4 is 0 Å². The van der Waals surface area contributed by atoms with Gasteiger partial charge in [-0.25, -0.2) is 0 Å². The molecule has 60 valence electrons. The number of hydrogen-bond acceptors (Lipinski definition) is 1. The highest BCUT2D eigenvalue weighted by Gasteiger charge is 2.40. The quantitative estimate of drug-likeness (QED) is 0.413. The van der Waals surface area contributed by atoms with Gasteiger partial charge in [0.2, 0.25) is 0 Å². The minimum absolute atomic E-state index is 0.0301. The van der Waals surface area contributed by atoms with Gasteiger partial charge in [-0.15, -0.1) is 0 Å². The number of fused-ring (bicyclic) bond motifs is 2. The summed E-state index contributed by atoms with van der Waals surface area (Å²) in [5.41, 5.74) is -0.0301. The van der Waals surface area contributed by atoms with Gasteiger partial charge in [0.25, 0.3) is 0 Å². The predicted octanol–water partition coefficient (Wildman–Crippen LogP) is 2.18. The summed E-state index contributed by atoms with van der Waals surface area (Å²) in [7, 11) is 0. The van der Waals surface area contributed by atoms with Crippen LogP contribution in [0.4, 0.5) is 0 Å². The number of rotatable bonds is 1. The lowest BCUT2D eigenvalue weighted by molar-refractivity contribution is -0.119. The molecule has 1 fully saturated rings. The molecule has 2 bridgehead atoms. The van der Waals surface area contributed by atoms with Crippen LogP contribution in [0, 0.1) is 17.3 Å². The zero-order valence-corrected chi connectivity index (χ0v) is 6.92. The summed E-state index contributed by atoms with van der Waals surface area (Å²) in [6, 6.07) is 0. The zero-order valence-electron chi connectivity index (χ0n) is 6.92. The van der Waals surface area contributed by atoms with E-state index in [0.717, 1.165) is 12.7 Å². The fourth-order valence-corrected chi connectivity index (χ4v) is 2.45. The number of carbonyl (C=O) groups is 1. The fraction of sp³-hybridized carbons (Fsp3) is 0.700. The Labute approximate surface area is 67.5 Å². The molecule has 3 atom stereocenters. The SMILES string of the molecule is C[C@]1(C=O)C[C@H]2C=C[C@@H]1CC2. The largest absolute Gasteiger partial charge is 0.303 e. The third-order valence-electron chi connectivity index (χ3n) is 3.28. The molecule has 0 aromatic carbocycles. The van der Waals surface area contributed by atoms with Crippen molar-refractivity contribution in [1.82, 2.24) is 0 Å². The van der Waals surface area contributed by atoms with Gasteiger partial charge in [0, 0.05) is 5.41 Å². The Kier molecular flexibility index (Phi) is 1.41. The van der Waals surface area contributed by atoms with E-state index in [1.54, 1.807) is 0 Å². The molecular weight excluding hydrogens is 136 g/mol. The molecule has 0 radical (unpaired) electrons. The Morgan fingerprint density at radius 1 is 1.45 bits per heavy atom. The maximum atomic E-state index is 10.8. The first-order chi connectivity index (χ1) is 5.24. The molecule has 3 rings (SSSR count). The van der Waals surface area contributed by atoms with Gasteiger partial charge in [-0.3, -0.25) is 0 Å². The Bertz CT molecular complexity index is 207. The van der Waals surface area contributed by atoms with E-state index in [-0.39, 0.29) is 5.41 Å². The molecule has 3 aliphatic rings. The van der Waals surface area contributed by atoms with Gasteiger partial charge in [0.1, 0.15) is 6.29 Å². The molecule has 0 unspecified atom stereocenters. The highest BCUT2D eigenvalue weighted by molar-refractivity contribution is 5.61. The molecule has 0 aliphatic heterocycles. The monoisotopic (exact) mass is 150 g/mol. The van der Waals surface area contributed by atoms with E-state index in [1.807, 2.05) is 0 Å². The van der Waals surface area contributed by atoms with Crippen LogP contribution in [0.2, 0.25) is 0 Å². The summed E-state index contributed by atoms with van der Waals surface area (Å²) in [6.45, 7) is 2.10. The average Bonchev–Trinajstić information content (AvgIpc) is 2.06. The topological polar surface area (TPSA) is 17.1 Å².